The van der Waals surface area contributed by atoms with Crippen molar-refractivity contribution < 1.29 is 0 Å². The van der Waals surface area contributed by atoms with Gasteiger partial charge in [-0.05, 0) is 36.4 Å². The van der Waals surface area contributed by atoms with Crippen molar-refractivity contribution in [3.8, 4) is 12.1 Å². The Bertz CT molecular complexity index is 707. The SMILES string of the molecule is N#CC(C#N)=NNc1ccc(Nc2ccc(Cl)nn2)cc1. The first-order valence-corrected chi connectivity index (χ1v) is 6.09. The standard InChI is InChI=1S/C13H8ClN7/c14-12-5-6-13(21-20-12)17-9-1-3-10(4-2-9)18-19-11(7-15)8-16/h1-6,18H,(H,17,21). The lowest BCUT2D eigenvalue weighted by Gasteiger charge is -2.06. The van der Waals surface area contributed by atoms with Crippen LogP contribution in [0.25, 0.3) is 0 Å². The molecule has 0 unspecified atom stereocenters. The van der Waals surface area contributed by atoms with E-state index in [1.54, 1.807) is 48.5 Å². The predicted molar refractivity (Wildman–Crippen MR) is 79.1 cm³/mol. The molecule has 0 aliphatic carbocycles. The topological polar surface area (TPSA) is 110 Å². The third-order valence-corrected chi connectivity index (χ3v) is 2.50. The highest BCUT2D eigenvalue weighted by atomic mass is 35.5. The molecule has 1 aromatic heterocycles. The van der Waals surface area contributed by atoms with Gasteiger partial charge in [-0.1, -0.05) is 11.6 Å². The lowest BCUT2D eigenvalue weighted by atomic mass is 10.3. The second-order valence-electron chi connectivity index (χ2n) is 3.74. The van der Waals surface area contributed by atoms with E-state index in [4.69, 9.17) is 22.1 Å². The molecule has 2 aromatic rings. The van der Waals surface area contributed by atoms with Crippen molar-refractivity contribution >= 4 is 34.5 Å². The number of rotatable bonds is 4. The van der Waals surface area contributed by atoms with E-state index in [1.165, 1.54) is 0 Å². The molecule has 0 radical (unpaired) electrons. The average molecular weight is 298 g/mol. The number of anilines is 3. The van der Waals surface area contributed by atoms with E-state index in [1.807, 2.05) is 0 Å². The van der Waals surface area contributed by atoms with E-state index in [0.717, 1.165) is 5.69 Å². The number of nitrogens with one attached hydrogen (secondary N) is 2. The van der Waals surface area contributed by atoms with Gasteiger partial charge in [0.15, 0.2) is 11.0 Å². The van der Waals surface area contributed by atoms with Crippen LogP contribution >= 0.6 is 11.6 Å². The van der Waals surface area contributed by atoms with Gasteiger partial charge in [0.2, 0.25) is 5.71 Å². The average Bonchev–Trinajstić information content (AvgIpc) is 2.52. The Balaban J connectivity index is 2.03. The molecular weight excluding hydrogens is 290 g/mol. The molecule has 1 heterocycles. The molecule has 0 amide bonds. The molecule has 102 valence electrons. The number of halogens is 1. The van der Waals surface area contributed by atoms with Crippen LogP contribution in [0.4, 0.5) is 17.2 Å². The summed E-state index contributed by atoms with van der Waals surface area (Å²) in [5.41, 5.74) is 3.81. The molecule has 0 aliphatic rings. The van der Waals surface area contributed by atoms with Crippen molar-refractivity contribution in [2.75, 3.05) is 10.7 Å². The Labute approximate surface area is 125 Å². The lowest BCUT2D eigenvalue weighted by Crippen LogP contribution is -1.97. The summed E-state index contributed by atoms with van der Waals surface area (Å²) in [4.78, 5) is 0. The lowest BCUT2D eigenvalue weighted by molar-refractivity contribution is 1.04. The van der Waals surface area contributed by atoms with Gasteiger partial charge in [-0.2, -0.15) is 15.6 Å². The van der Waals surface area contributed by atoms with Crippen LogP contribution < -0.4 is 10.7 Å². The summed E-state index contributed by atoms with van der Waals surface area (Å²) in [5.74, 6) is 0.564. The van der Waals surface area contributed by atoms with Gasteiger partial charge < -0.3 is 5.32 Å². The van der Waals surface area contributed by atoms with Gasteiger partial charge >= 0.3 is 0 Å². The minimum Gasteiger partial charge on any atom is -0.339 e. The molecule has 0 fully saturated rings. The number of hydrogen-bond donors (Lipinski definition) is 2. The summed E-state index contributed by atoms with van der Waals surface area (Å²) in [5, 5.41) is 31.7. The third kappa shape index (κ3) is 4.16. The normalized spacial score (nSPS) is 9.10. The van der Waals surface area contributed by atoms with Gasteiger partial charge in [-0.3, -0.25) is 5.43 Å². The van der Waals surface area contributed by atoms with Crippen LogP contribution in [0.5, 0.6) is 0 Å². The van der Waals surface area contributed by atoms with Crippen molar-refractivity contribution in [1.29, 1.82) is 10.5 Å². The van der Waals surface area contributed by atoms with E-state index in [9.17, 15) is 0 Å². The number of nitriles is 2. The largest absolute Gasteiger partial charge is 0.339 e. The highest BCUT2D eigenvalue weighted by Gasteiger charge is 1.98. The van der Waals surface area contributed by atoms with Gasteiger partial charge in [0.05, 0.1) is 5.69 Å². The zero-order valence-corrected chi connectivity index (χ0v) is 11.3. The molecule has 0 bridgehead atoms. The number of benzene rings is 1. The van der Waals surface area contributed by atoms with Gasteiger partial charge in [-0.15, -0.1) is 10.2 Å². The second kappa shape index (κ2) is 6.85. The quantitative estimate of drug-likeness (QED) is 0.663. The fourth-order valence-corrected chi connectivity index (χ4v) is 1.45. The first-order chi connectivity index (χ1) is 10.2. The van der Waals surface area contributed by atoms with E-state index >= 15 is 0 Å². The van der Waals surface area contributed by atoms with Crippen molar-refractivity contribution in [2.45, 2.75) is 0 Å². The zero-order chi connectivity index (χ0) is 15.1. The molecule has 1 aromatic carbocycles. The molecule has 2 rings (SSSR count). The number of nitrogens with zero attached hydrogens (tertiary/aromatic N) is 5. The number of aromatic nitrogens is 2. The molecule has 0 saturated carbocycles. The fraction of sp³-hybridized carbons (Fsp3) is 0. The van der Waals surface area contributed by atoms with E-state index in [0.29, 0.717) is 16.7 Å². The summed E-state index contributed by atoms with van der Waals surface area (Å²) in [7, 11) is 0. The van der Waals surface area contributed by atoms with E-state index < -0.39 is 0 Å². The van der Waals surface area contributed by atoms with Crippen LogP contribution in [-0.2, 0) is 0 Å². The maximum atomic E-state index is 8.56. The van der Waals surface area contributed by atoms with E-state index in [-0.39, 0.29) is 5.71 Å². The molecule has 0 atom stereocenters. The monoisotopic (exact) mass is 297 g/mol. The molecule has 0 aliphatic heterocycles. The summed E-state index contributed by atoms with van der Waals surface area (Å²) in [6.45, 7) is 0. The minimum atomic E-state index is -0.242. The smallest absolute Gasteiger partial charge is 0.237 e. The maximum Gasteiger partial charge on any atom is 0.237 e. The van der Waals surface area contributed by atoms with Crippen LogP contribution in [0.2, 0.25) is 5.15 Å². The Kier molecular flexibility index (Phi) is 4.65. The maximum absolute atomic E-state index is 8.56. The van der Waals surface area contributed by atoms with Crippen molar-refractivity contribution in [1.82, 2.24) is 10.2 Å². The first-order valence-electron chi connectivity index (χ1n) is 5.71. The fourth-order valence-electron chi connectivity index (χ4n) is 1.35. The molecule has 0 spiro atoms. The highest BCUT2D eigenvalue weighted by molar-refractivity contribution is 6.29. The molecular formula is C13H8ClN7. The predicted octanol–water partition coefficient (Wildman–Crippen LogP) is 2.69. The summed E-state index contributed by atoms with van der Waals surface area (Å²) in [6.07, 6.45) is 0. The molecule has 21 heavy (non-hydrogen) atoms. The van der Waals surface area contributed by atoms with Gasteiger partial charge in [0, 0.05) is 5.69 Å². The van der Waals surface area contributed by atoms with Crippen LogP contribution in [0.3, 0.4) is 0 Å². The zero-order valence-electron chi connectivity index (χ0n) is 10.6. The van der Waals surface area contributed by atoms with Crippen LogP contribution in [0, 0.1) is 22.7 Å². The second-order valence-corrected chi connectivity index (χ2v) is 4.13. The summed E-state index contributed by atoms with van der Waals surface area (Å²) >= 11 is 5.65. The van der Waals surface area contributed by atoms with Crippen molar-refractivity contribution in [3.05, 3.63) is 41.6 Å². The molecule has 8 heteroatoms. The summed E-state index contributed by atoms with van der Waals surface area (Å²) < 4.78 is 0. The first kappa shape index (κ1) is 14.3. The molecule has 2 N–H and O–H groups in total. The number of hydrogen-bond acceptors (Lipinski definition) is 7. The van der Waals surface area contributed by atoms with Crippen molar-refractivity contribution in [2.24, 2.45) is 5.10 Å². The molecule has 7 nitrogen and oxygen atoms in total. The van der Waals surface area contributed by atoms with Crippen LogP contribution in [0.15, 0.2) is 41.5 Å². The van der Waals surface area contributed by atoms with Gasteiger partial charge in [0.1, 0.15) is 12.1 Å². The Morgan fingerprint density at radius 3 is 2.24 bits per heavy atom. The Hall–Kier alpha value is -3.16. The minimum absolute atomic E-state index is 0.242. The van der Waals surface area contributed by atoms with Crippen molar-refractivity contribution in [3.63, 3.8) is 0 Å². The van der Waals surface area contributed by atoms with Crippen LogP contribution in [-0.4, -0.2) is 15.9 Å². The number of hydrazone groups is 1. The summed E-state index contributed by atoms with van der Waals surface area (Å²) in [6, 6.07) is 13.7. The Morgan fingerprint density at radius 2 is 1.67 bits per heavy atom. The van der Waals surface area contributed by atoms with Gasteiger partial charge in [0.25, 0.3) is 0 Å². The molecule has 0 saturated heterocycles. The third-order valence-electron chi connectivity index (χ3n) is 2.30. The Morgan fingerprint density at radius 1 is 1.00 bits per heavy atom. The van der Waals surface area contributed by atoms with Gasteiger partial charge in [-0.25, -0.2) is 0 Å². The van der Waals surface area contributed by atoms with E-state index in [2.05, 4.69) is 26.0 Å². The highest BCUT2D eigenvalue weighted by Crippen LogP contribution is 2.17. The van der Waals surface area contributed by atoms with Crippen LogP contribution in [0.1, 0.15) is 0 Å².